The van der Waals surface area contributed by atoms with Crippen molar-refractivity contribution in [3.05, 3.63) is 126 Å². The highest BCUT2D eigenvalue weighted by molar-refractivity contribution is 5.74. The molecule has 0 aliphatic heterocycles. The second-order valence-corrected chi connectivity index (χ2v) is 7.44. The molecule has 0 saturated heterocycles. The lowest BCUT2D eigenvalue weighted by Crippen LogP contribution is -2.14. The zero-order valence-corrected chi connectivity index (χ0v) is 20.8. The van der Waals surface area contributed by atoms with E-state index in [1.165, 1.54) is 22.3 Å². The Kier molecular flexibility index (Phi) is 10.7. The van der Waals surface area contributed by atoms with Gasteiger partial charge in [-0.3, -0.25) is 0 Å². The molecule has 0 radical (unpaired) electrons. The highest BCUT2D eigenvalue weighted by Gasteiger charge is 2.11. The smallest absolute Gasteiger partial charge is 0.0461 e. The fourth-order valence-electron chi connectivity index (χ4n) is 3.52. The molecular weight excluding hydrogens is 398 g/mol. The first-order chi connectivity index (χ1) is 16.2. The van der Waals surface area contributed by atoms with Gasteiger partial charge < -0.3 is 4.90 Å². The van der Waals surface area contributed by atoms with Crippen LogP contribution in [0.4, 0.5) is 11.4 Å². The first-order valence-electron chi connectivity index (χ1n) is 11.9. The summed E-state index contributed by atoms with van der Waals surface area (Å²) in [5.41, 5.74) is 8.24. The molecule has 3 aromatic carbocycles. The van der Waals surface area contributed by atoms with Gasteiger partial charge in [0.05, 0.1) is 0 Å². The maximum absolute atomic E-state index is 3.86. The predicted octanol–water partition coefficient (Wildman–Crippen LogP) is 9.84. The summed E-state index contributed by atoms with van der Waals surface area (Å²) in [5.74, 6) is 0. The molecule has 3 rings (SSSR count). The molecule has 0 bridgehead atoms. The second-order valence-electron chi connectivity index (χ2n) is 7.44. The molecule has 0 aromatic heterocycles. The zero-order chi connectivity index (χ0) is 24.1. The third kappa shape index (κ3) is 7.22. The number of anilines is 2. The van der Waals surface area contributed by atoms with Gasteiger partial charge in [-0.05, 0) is 72.9 Å². The van der Waals surface area contributed by atoms with E-state index in [0.717, 1.165) is 23.5 Å². The Morgan fingerprint density at radius 2 is 1.45 bits per heavy atom. The van der Waals surface area contributed by atoms with Gasteiger partial charge in [-0.25, -0.2) is 0 Å². The lowest BCUT2D eigenvalue weighted by Gasteiger charge is -2.26. The molecule has 3 aromatic rings. The zero-order valence-electron chi connectivity index (χ0n) is 20.8. The van der Waals surface area contributed by atoms with Crippen molar-refractivity contribution in [3.63, 3.8) is 0 Å². The standard InChI is InChI=1S/C30H31N.C2H6/c1-5-8-12-28(7-3)31(29-13-10-9-11-14-29)30-21-18-25(19-22-30)15-16-26-17-20-27(6-2)24(4)23-26;1-2/h6-23H,2,5H2,1,3-4H3;1-2H3/b12-8-,16-15+,28-7+;. The predicted molar refractivity (Wildman–Crippen MR) is 150 cm³/mol. The molecule has 0 spiro atoms. The summed E-state index contributed by atoms with van der Waals surface area (Å²) in [7, 11) is 0. The van der Waals surface area contributed by atoms with Crippen LogP contribution in [-0.4, -0.2) is 0 Å². The van der Waals surface area contributed by atoms with E-state index in [9.17, 15) is 0 Å². The monoisotopic (exact) mass is 435 g/mol. The van der Waals surface area contributed by atoms with Gasteiger partial charge in [-0.1, -0.05) is 106 Å². The summed E-state index contributed by atoms with van der Waals surface area (Å²) in [6.07, 6.45) is 13.8. The van der Waals surface area contributed by atoms with Crippen molar-refractivity contribution in [1.29, 1.82) is 0 Å². The first kappa shape index (κ1) is 25.7. The summed E-state index contributed by atoms with van der Waals surface area (Å²) >= 11 is 0. The van der Waals surface area contributed by atoms with E-state index < -0.39 is 0 Å². The van der Waals surface area contributed by atoms with E-state index in [-0.39, 0.29) is 0 Å². The van der Waals surface area contributed by atoms with Gasteiger partial charge in [0.25, 0.3) is 0 Å². The molecule has 0 aliphatic carbocycles. The molecule has 0 amide bonds. The SMILES string of the molecule is C=Cc1ccc(/C=C/c2ccc(N(C(/C=C\CC)=C/C)c3ccccc3)cc2)cc1C.CC. The summed E-state index contributed by atoms with van der Waals surface area (Å²) in [6.45, 7) is 14.2. The average Bonchev–Trinajstić information content (AvgIpc) is 2.87. The van der Waals surface area contributed by atoms with Crippen LogP contribution < -0.4 is 4.90 Å². The fourth-order valence-corrected chi connectivity index (χ4v) is 3.52. The van der Waals surface area contributed by atoms with Crippen LogP contribution in [0.3, 0.4) is 0 Å². The van der Waals surface area contributed by atoms with E-state index in [1.54, 1.807) is 0 Å². The Labute approximate surface area is 201 Å². The van der Waals surface area contributed by atoms with Crippen LogP contribution >= 0.6 is 0 Å². The van der Waals surface area contributed by atoms with Crippen molar-refractivity contribution >= 4 is 29.6 Å². The maximum atomic E-state index is 3.86. The van der Waals surface area contributed by atoms with Gasteiger partial charge in [0.2, 0.25) is 0 Å². The van der Waals surface area contributed by atoms with Crippen LogP contribution in [0.1, 0.15) is 56.4 Å². The van der Waals surface area contributed by atoms with Gasteiger partial charge in [0.1, 0.15) is 0 Å². The summed E-state index contributed by atoms with van der Waals surface area (Å²) < 4.78 is 0. The maximum Gasteiger partial charge on any atom is 0.0461 e. The van der Waals surface area contributed by atoms with Crippen molar-refractivity contribution in [2.24, 2.45) is 0 Å². The highest BCUT2D eigenvalue weighted by atomic mass is 15.1. The van der Waals surface area contributed by atoms with Crippen molar-refractivity contribution in [2.45, 2.75) is 41.0 Å². The number of hydrogen-bond donors (Lipinski definition) is 0. The van der Waals surface area contributed by atoms with E-state index in [4.69, 9.17) is 0 Å². The molecule has 0 aliphatic rings. The quantitative estimate of drug-likeness (QED) is 0.251. The molecule has 0 atom stereocenters. The number of benzene rings is 3. The molecule has 1 heteroatoms. The van der Waals surface area contributed by atoms with Crippen molar-refractivity contribution in [2.75, 3.05) is 4.90 Å². The van der Waals surface area contributed by atoms with Crippen molar-refractivity contribution < 1.29 is 0 Å². The topological polar surface area (TPSA) is 3.24 Å². The molecule has 33 heavy (non-hydrogen) atoms. The summed E-state index contributed by atoms with van der Waals surface area (Å²) in [4.78, 5) is 2.29. The van der Waals surface area contributed by atoms with Crippen LogP contribution in [0.15, 0.2) is 103 Å². The Morgan fingerprint density at radius 3 is 2.03 bits per heavy atom. The van der Waals surface area contributed by atoms with Crippen LogP contribution in [0.25, 0.3) is 18.2 Å². The Morgan fingerprint density at radius 1 is 0.848 bits per heavy atom. The van der Waals surface area contributed by atoms with E-state index >= 15 is 0 Å². The molecule has 0 saturated carbocycles. The number of aryl methyl sites for hydroxylation is 1. The van der Waals surface area contributed by atoms with Crippen LogP contribution in [-0.2, 0) is 0 Å². The lowest BCUT2D eigenvalue weighted by atomic mass is 10.0. The summed E-state index contributed by atoms with van der Waals surface area (Å²) in [6, 6.07) is 25.6. The number of hydrogen-bond acceptors (Lipinski definition) is 1. The largest absolute Gasteiger partial charge is 0.311 e. The van der Waals surface area contributed by atoms with Gasteiger partial charge >= 0.3 is 0 Å². The number of rotatable bonds is 8. The third-order valence-corrected chi connectivity index (χ3v) is 5.23. The van der Waals surface area contributed by atoms with Gasteiger partial charge in [-0.15, -0.1) is 0 Å². The molecule has 0 N–H and O–H groups in total. The second kappa shape index (κ2) is 13.8. The molecule has 0 unspecified atom stereocenters. The molecule has 170 valence electrons. The van der Waals surface area contributed by atoms with Crippen LogP contribution in [0.5, 0.6) is 0 Å². The van der Waals surface area contributed by atoms with Gasteiger partial charge in [0.15, 0.2) is 0 Å². The Hall–Kier alpha value is -3.58. The van der Waals surface area contributed by atoms with Crippen molar-refractivity contribution in [1.82, 2.24) is 0 Å². The van der Waals surface area contributed by atoms with E-state index in [0.29, 0.717) is 0 Å². The highest BCUT2D eigenvalue weighted by Crippen LogP contribution is 2.31. The normalized spacial score (nSPS) is 11.4. The lowest BCUT2D eigenvalue weighted by molar-refractivity contribution is 1.17. The Balaban J connectivity index is 0.00000187. The fraction of sp³-hybridized carbons (Fsp3) is 0.188. The molecular formula is C32H37N. The van der Waals surface area contributed by atoms with E-state index in [1.807, 2.05) is 19.9 Å². The van der Waals surface area contributed by atoms with Crippen LogP contribution in [0.2, 0.25) is 0 Å². The Bertz CT molecular complexity index is 1080. The first-order valence-corrected chi connectivity index (χ1v) is 11.9. The average molecular weight is 436 g/mol. The molecule has 0 fully saturated rings. The number of allylic oxidation sites excluding steroid dienone is 3. The minimum atomic E-state index is 1.01. The molecule has 0 heterocycles. The number of nitrogens with zero attached hydrogens (tertiary/aromatic N) is 1. The van der Waals surface area contributed by atoms with Crippen LogP contribution in [0, 0.1) is 6.92 Å². The minimum absolute atomic E-state index is 1.01. The third-order valence-electron chi connectivity index (χ3n) is 5.23. The van der Waals surface area contributed by atoms with E-state index in [2.05, 4.69) is 135 Å². The molecule has 1 nitrogen and oxygen atoms in total. The van der Waals surface area contributed by atoms with Gasteiger partial charge in [-0.2, -0.15) is 0 Å². The summed E-state index contributed by atoms with van der Waals surface area (Å²) in [5, 5.41) is 0. The van der Waals surface area contributed by atoms with Crippen molar-refractivity contribution in [3.8, 4) is 0 Å². The van der Waals surface area contributed by atoms with Gasteiger partial charge in [0, 0.05) is 17.1 Å². The minimum Gasteiger partial charge on any atom is -0.311 e. The number of para-hydroxylation sites is 1.